The Morgan fingerprint density at radius 1 is 1.35 bits per heavy atom. The summed E-state index contributed by atoms with van der Waals surface area (Å²) in [4.78, 5) is 25.1. The Bertz CT molecular complexity index is 551. The number of carbonyl (C=O) groups is 2. The Labute approximate surface area is 142 Å². The van der Waals surface area contributed by atoms with E-state index in [0.717, 1.165) is 19.3 Å². The number of hydrogen-bond donors (Lipinski definition) is 2. The molecule has 7 heteroatoms. The number of nitrogens with one attached hydrogen (secondary N) is 1. The number of carbonyl (C=O) groups excluding carboxylic acids is 2. The number of nitrogens with zero attached hydrogens (tertiary/aromatic N) is 1. The Morgan fingerprint density at radius 3 is 2.70 bits per heavy atom. The molecule has 6 nitrogen and oxygen atoms in total. The molecule has 0 spiro atoms. The lowest BCUT2D eigenvalue weighted by atomic mass is 10.1. The number of anilines is 1. The molecule has 1 aromatic rings. The van der Waals surface area contributed by atoms with Crippen LogP contribution in [0.15, 0.2) is 24.3 Å². The molecule has 2 rings (SSSR count). The number of likely N-dealkylation sites (N-methyl/N-ethyl adjacent to an activating group) is 1. The van der Waals surface area contributed by atoms with Gasteiger partial charge < -0.3 is 20.7 Å². The summed E-state index contributed by atoms with van der Waals surface area (Å²) in [5.41, 5.74) is 6.50. The first-order chi connectivity index (χ1) is 10.5. The first kappa shape index (κ1) is 19.3. The number of hydrogen-bond acceptors (Lipinski definition) is 4. The Morgan fingerprint density at radius 2 is 2.09 bits per heavy atom. The predicted octanol–water partition coefficient (Wildman–Crippen LogP) is 1.64. The summed E-state index contributed by atoms with van der Waals surface area (Å²) < 4.78 is 5.43. The van der Waals surface area contributed by atoms with E-state index < -0.39 is 0 Å². The highest BCUT2D eigenvalue weighted by Gasteiger charge is 2.27. The van der Waals surface area contributed by atoms with E-state index in [2.05, 4.69) is 5.32 Å². The van der Waals surface area contributed by atoms with Crippen LogP contribution in [0.3, 0.4) is 0 Å². The third kappa shape index (κ3) is 5.73. The fourth-order valence-corrected chi connectivity index (χ4v) is 2.44. The van der Waals surface area contributed by atoms with Crippen molar-refractivity contribution in [2.75, 3.05) is 26.0 Å². The number of rotatable bonds is 5. The van der Waals surface area contributed by atoms with Gasteiger partial charge in [0.05, 0.1) is 0 Å². The molecule has 2 unspecified atom stereocenters. The number of benzene rings is 1. The predicted molar refractivity (Wildman–Crippen MR) is 91.8 cm³/mol. The van der Waals surface area contributed by atoms with E-state index >= 15 is 0 Å². The van der Waals surface area contributed by atoms with Gasteiger partial charge in [-0.25, -0.2) is 0 Å². The summed E-state index contributed by atoms with van der Waals surface area (Å²) in [6, 6.07) is 7.18. The molecular weight excluding hydrogens is 318 g/mol. The molecule has 2 atom stereocenters. The molecule has 0 saturated heterocycles. The zero-order valence-corrected chi connectivity index (χ0v) is 14.3. The van der Waals surface area contributed by atoms with E-state index in [1.54, 1.807) is 38.4 Å². The van der Waals surface area contributed by atoms with Gasteiger partial charge in [0.15, 0.2) is 6.61 Å². The van der Waals surface area contributed by atoms with Gasteiger partial charge in [0.2, 0.25) is 5.91 Å². The SMILES string of the molecule is CN(C)C(=O)COc1cccc(NC(=O)C2CCC(N)C2)c1.Cl. The van der Waals surface area contributed by atoms with Crippen LogP contribution in [0, 0.1) is 5.92 Å². The summed E-state index contributed by atoms with van der Waals surface area (Å²) >= 11 is 0. The largest absolute Gasteiger partial charge is 0.484 e. The van der Waals surface area contributed by atoms with Crippen LogP contribution in [0.2, 0.25) is 0 Å². The molecule has 0 heterocycles. The van der Waals surface area contributed by atoms with E-state index in [9.17, 15) is 9.59 Å². The average Bonchev–Trinajstić information content (AvgIpc) is 2.91. The van der Waals surface area contributed by atoms with Gasteiger partial charge in [0.25, 0.3) is 5.91 Å². The van der Waals surface area contributed by atoms with Crippen molar-refractivity contribution in [3.05, 3.63) is 24.3 Å². The molecule has 128 valence electrons. The minimum Gasteiger partial charge on any atom is -0.484 e. The zero-order chi connectivity index (χ0) is 16.1. The molecular formula is C16H24ClN3O3. The van der Waals surface area contributed by atoms with Crippen molar-refractivity contribution in [2.24, 2.45) is 11.7 Å². The van der Waals surface area contributed by atoms with E-state index in [-0.39, 0.29) is 42.8 Å². The van der Waals surface area contributed by atoms with Crippen LogP contribution >= 0.6 is 12.4 Å². The number of ether oxygens (including phenoxy) is 1. The van der Waals surface area contributed by atoms with Crippen molar-refractivity contribution in [1.82, 2.24) is 4.90 Å². The number of amides is 2. The Balaban J connectivity index is 0.00000264. The van der Waals surface area contributed by atoms with Gasteiger partial charge in [-0.15, -0.1) is 12.4 Å². The average molecular weight is 342 g/mol. The maximum atomic E-state index is 12.2. The summed E-state index contributed by atoms with van der Waals surface area (Å²) in [6.45, 7) is -0.0259. The molecule has 0 aromatic heterocycles. The van der Waals surface area contributed by atoms with Crippen molar-refractivity contribution in [2.45, 2.75) is 25.3 Å². The topological polar surface area (TPSA) is 84.7 Å². The third-order valence-corrected chi connectivity index (χ3v) is 3.81. The fraction of sp³-hybridized carbons (Fsp3) is 0.500. The molecule has 1 fully saturated rings. The lowest BCUT2D eigenvalue weighted by Gasteiger charge is -2.13. The number of nitrogens with two attached hydrogens (primary N) is 1. The first-order valence-electron chi connectivity index (χ1n) is 7.45. The van der Waals surface area contributed by atoms with Gasteiger partial charge in [-0.1, -0.05) is 6.07 Å². The lowest BCUT2D eigenvalue weighted by molar-refractivity contribution is -0.130. The summed E-state index contributed by atoms with van der Waals surface area (Å²) in [6.07, 6.45) is 2.47. The van der Waals surface area contributed by atoms with Gasteiger partial charge in [-0.3, -0.25) is 9.59 Å². The molecule has 1 aromatic carbocycles. The highest BCUT2D eigenvalue weighted by Crippen LogP contribution is 2.26. The quantitative estimate of drug-likeness (QED) is 0.852. The van der Waals surface area contributed by atoms with Gasteiger partial charge in [0.1, 0.15) is 5.75 Å². The van der Waals surface area contributed by atoms with Crippen LogP contribution in [-0.2, 0) is 9.59 Å². The van der Waals surface area contributed by atoms with Crippen molar-refractivity contribution >= 4 is 29.9 Å². The molecule has 1 aliphatic rings. The van der Waals surface area contributed by atoms with Gasteiger partial charge >= 0.3 is 0 Å². The standard InChI is InChI=1S/C16H23N3O3.ClH/c1-19(2)15(20)10-22-14-5-3-4-13(9-14)18-16(21)11-6-7-12(17)8-11;/h3-5,9,11-12H,6-8,10,17H2,1-2H3,(H,18,21);1H. The Kier molecular flexibility index (Phi) is 7.32. The molecule has 0 radical (unpaired) electrons. The van der Waals surface area contributed by atoms with E-state index in [4.69, 9.17) is 10.5 Å². The van der Waals surface area contributed by atoms with Gasteiger partial charge in [-0.05, 0) is 31.4 Å². The monoisotopic (exact) mass is 341 g/mol. The van der Waals surface area contributed by atoms with Crippen molar-refractivity contribution in [1.29, 1.82) is 0 Å². The van der Waals surface area contributed by atoms with Crippen molar-refractivity contribution in [3.8, 4) is 5.75 Å². The first-order valence-corrected chi connectivity index (χ1v) is 7.45. The van der Waals surface area contributed by atoms with Crippen LogP contribution in [0.1, 0.15) is 19.3 Å². The molecule has 0 aliphatic heterocycles. The second-order valence-corrected chi connectivity index (χ2v) is 5.86. The van der Waals surface area contributed by atoms with Crippen LogP contribution in [0.5, 0.6) is 5.75 Å². The van der Waals surface area contributed by atoms with Gasteiger partial charge in [-0.2, -0.15) is 0 Å². The van der Waals surface area contributed by atoms with Crippen molar-refractivity contribution < 1.29 is 14.3 Å². The normalized spacial score (nSPS) is 19.6. The van der Waals surface area contributed by atoms with Crippen LogP contribution in [0.4, 0.5) is 5.69 Å². The Hall–Kier alpha value is -1.79. The fourth-order valence-electron chi connectivity index (χ4n) is 2.44. The van der Waals surface area contributed by atoms with Gasteiger partial charge in [0, 0.05) is 37.8 Å². The summed E-state index contributed by atoms with van der Waals surface area (Å²) in [5, 5.41) is 2.89. The molecule has 23 heavy (non-hydrogen) atoms. The van der Waals surface area contributed by atoms with E-state index in [1.807, 2.05) is 0 Å². The highest BCUT2D eigenvalue weighted by molar-refractivity contribution is 5.93. The number of halogens is 1. The maximum Gasteiger partial charge on any atom is 0.259 e. The molecule has 1 aliphatic carbocycles. The minimum absolute atomic E-state index is 0. The van der Waals surface area contributed by atoms with Crippen LogP contribution in [0.25, 0.3) is 0 Å². The maximum absolute atomic E-state index is 12.2. The molecule has 1 saturated carbocycles. The zero-order valence-electron chi connectivity index (χ0n) is 13.5. The van der Waals surface area contributed by atoms with Crippen LogP contribution < -0.4 is 15.8 Å². The molecule has 3 N–H and O–H groups in total. The highest BCUT2D eigenvalue weighted by atomic mass is 35.5. The second kappa shape index (κ2) is 8.74. The summed E-state index contributed by atoms with van der Waals surface area (Å²) in [5.74, 6) is 0.412. The second-order valence-electron chi connectivity index (χ2n) is 5.86. The molecule has 0 bridgehead atoms. The summed E-state index contributed by atoms with van der Waals surface area (Å²) in [7, 11) is 3.35. The third-order valence-electron chi connectivity index (χ3n) is 3.81. The van der Waals surface area contributed by atoms with E-state index in [1.165, 1.54) is 4.90 Å². The van der Waals surface area contributed by atoms with Crippen molar-refractivity contribution in [3.63, 3.8) is 0 Å². The minimum atomic E-state index is -0.116. The lowest BCUT2D eigenvalue weighted by Crippen LogP contribution is -2.27. The molecule has 2 amide bonds. The smallest absolute Gasteiger partial charge is 0.259 e. The van der Waals surface area contributed by atoms with E-state index in [0.29, 0.717) is 11.4 Å². The van der Waals surface area contributed by atoms with Crippen LogP contribution in [-0.4, -0.2) is 43.5 Å².